The quantitative estimate of drug-likeness (QED) is 0.124. The second-order valence-corrected chi connectivity index (χ2v) is 7.57. The number of halogens is 1. The Balaban J connectivity index is 2.86. The van der Waals surface area contributed by atoms with Gasteiger partial charge in [-0.25, -0.2) is 14.8 Å². The molecule has 14 heteroatoms. The van der Waals surface area contributed by atoms with Crippen LogP contribution in [0.3, 0.4) is 0 Å². The molecule has 0 aliphatic heterocycles. The van der Waals surface area contributed by atoms with Gasteiger partial charge in [0.1, 0.15) is 17.6 Å². The molecule has 0 aliphatic carbocycles. The number of carbonyl (C=O) groups excluding carboxylic acids is 2. The molecule has 1 rings (SSSR count). The van der Waals surface area contributed by atoms with E-state index < -0.39 is 42.4 Å². The first-order chi connectivity index (χ1) is 14.6. The van der Waals surface area contributed by atoms with Crippen LogP contribution in [-0.2, 0) is 30.5 Å². The van der Waals surface area contributed by atoms with Crippen LogP contribution in [-0.4, -0.2) is 74.9 Å². The van der Waals surface area contributed by atoms with Gasteiger partial charge in [0, 0.05) is 37.0 Å². The summed E-state index contributed by atoms with van der Waals surface area (Å²) in [5.74, 6) is -3.65. The van der Waals surface area contributed by atoms with E-state index in [0.717, 1.165) is 11.8 Å². The first kappa shape index (κ1) is 26.6. The highest BCUT2D eigenvalue weighted by atomic mass is 35.5. The molecule has 0 aliphatic rings. The van der Waals surface area contributed by atoms with E-state index in [-0.39, 0.29) is 30.5 Å². The number of ether oxygens (including phenoxy) is 1. The van der Waals surface area contributed by atoms with Crippen LogP contribution in [0.25, 0.3) is 0 Å². The van der Waals surface area contributed by atoms with Gasteiger partial charge in [-0.1, -0.05) is 0 Å². The molecule has 1 aromatic rings. The molecular formula is C17H25ClN5O7S+. The monoisotopic (exact) mass is 478 g/mol. The predicted octanol–water partition coefficient (Wildman–Crippen LogP) is -1.08. The number of hydrogen-bond acceptors (Lipinski definition) is 8. The van der Waals surface area contributed by atoms with E-state index in [0.29, 0.717) is 17.2 Å². The maximum atomic E-state index is 12.4. The Kier molecular flexibility index (Phi) is 11.8. The summed E-state index contributed by atoms with van der Waals surface area (Å²) in [4.78, 5) is 54.2. The summed E-state index contributed by atoms with van der Waals surface area (Å²) in [5.41, 5.74) is 4.06. The van der Waals surface area contributed by atoms with Crippen molar-refractivity contribution in [3.63, 3.8) is 0 Å². The van der Waals surface area contributed by atoms with Crippen molar-refractivity contribution in [3.8, 4) is 0 Å². The molecule has 12 nitrogen and oxygen atoms in total. The number of nitrogens with zero attached hydrogens (tertiary/aromatic N) is 2. The first-order valence-electron chi connectivity index (χ1n) is 9.20. The zero-order valence-corrected chi connectivity index (χ0v) is 18.4. The fourth-order valence-corrected chi connectivity index (χ4v) is 3.32. The van der Waals surface area contributed by atoms with Gasteiger partial charge in [0.25, 0.3) is 0 Å². The highest BCUT2D eigenvalue weighted by Crippen LogP contribution is 2.23. The lowest BCUT2D eigenvalue weighted by molar-refractivity contribution is -0.408. The molecule has 0 fully saturated rings. The number of quaternary nitrogens is 1. The minimum atomic E-state index is -1.24. The maximum Gasteiger partial charge on any atom is 0.362 e. The Morgan fingerprint density at radius 1 is 1.32 bits per heavy atom. The van der Waals surface area contributed by atoms with Crippen molar-refractivity contribution in [3.05, 3.63) is 17.0 Å². The van der Waals surface area contributed by atoms with Gasteiger partial charge in [-0.15, -0.1) is 11.8 Å². The van der Waals surface area contributed by atoms with E-state index in [1.165, 1.54) is 6.20 Å². The Bertz CT molecular complexity index is 798. The third-order valence-corrected chi connectivity index (χ3v) is 5.09. The van der Waals surface area contributed by atoms with Crippen molar-refractivity contribution in [1.29, 1.82) is 0 Å². The van der Waals surface area contributed by atoms with Gasteiger partial charge in [0.2, 0.25) is 17.1 Å². The lowest BCUT2D eigenvalue weighted by Gasteiger charge is -2.18. The minimum Gasteiger partial charge on any atom is -0.480 e. The third-order valence-electron chi connectivity index (χ3n) is 3.78. The molecule has 1 heterocycles. The Hall–Kier alpha value is -2.48. The summed E-state index contributed by atoms with van der Waals surface area (Å²) in [5, 5.41) is 22.8. The minimum absolute atomic E-state index is 0.00572. The lowest BCUT2D eigenvalue weighted by atomic mass is 10.1. The van der Waals surface area contributed by atoms with Crippen molar-refractivity contribution in [1.82, 2.24) is 20.6 Å². The fourth-order valence-electron chi connectivity index (χ4n) is 2.13. The normalized spacial score (nSPS) is 12.6. The van der Waals surface area contributed by atoms with Crippen LogP contribution in [0.5, 0.6) is 0 Å². The van der Waals surface area contributed by atoms with Crippen molar-refractivity contribution >= 4 is 47.1 Å². The lowest BCUT2D eigenvalue weighted by Crippen LogP contribution is -2.65. The summed E-state index contributed by atoms with van der Waals surface area (Å²) >= 11 is 6.96. The van der Waals surface area contributed by atoms with Gasteiger partial charge >= 0.3 is 11.9 Å². The second kappa shape index (κ2) is 13.7. The third kappa shape index (κ3) is 10.4. The van der Waals surface area contributed by atoms with E-state index in [1.807, 2.05) is 6.92 Å². The summed E-state index contributed by atoms with van der Waals surface area (Å²) in [6, 6.07) is -2.07. The molecule has 7 N–H and O–H groups in total. The summed E-state index contributed by atoms with van der Waals surface area (Å²) in [7, 11) is 0. The zero-order chi connectivity index (χ0) is 23.4. The predicted molar refractivity (Wildman–Crippen MR) is 109 cm³/mol. The summed E-state index contributed by atoms with van der Waals surface area (Å²) < 4.78 is 5.35. The van der Waals surface area contributed by atoms with Gasteiger partial charge in [0.05, 0.1) is 6.61 Å². The number of nitrogens with one attached hydrogen (secondary N) is 2. The maximum absolute atomic E-state index is 12.4. The van der Waals surface area contributed by atoms with Gasteiger partial charge in [0.15, 0.2) is 6.04 Å². The second-order valence-electron chi connectivity index (χ2n) is 6.22. The largest absolute Gasteiger partial charge is 0.480 e. The van der Waals surface area contributed by atoms with Gasteiger partial charge < -0.3 is 31.3 Å². The fraction of sp³-hybridized carbons (Fsp3) is 0.529. The van der Waals surface area contributed by atoms with Crippen molar-refractivity contribution in [2.75, 3.05) is 18.9 Å². The highest BCUT2D eigenvalue weighted by Gasteiger charge is 2.24. The Labute approximate surface area is 187 Å². The number of thioether (sulfide) groups is 1. The van der Waals surface area contributed by atoms with E-state index in [2.05, 4.69) is 26.3 Å². The molecule has 0 bridgehead atoms. The molecular weight excluding hydrogens is 454 g/mol. The smallest absolute Gasteiger partial charge is 0.362 e. The van der Waals surface area contributed by atoms with Crippen LogP contribution in [0, 0.1) is 0 Å². The van der Waals surface area contributed by atoms with E-state index in [9.17, 15) is 19.2 Å². The zero-order valence-electron chi connectivity index (χ0n) is 16.8. The molecule has 1 aromatic heterocycles. The summed E-state index contributed by atoms with van der Waals surface area (Å²) in [6.07, 6.45) is 1.31. The average molecular weight is 479 g/mol. The summed E-state index contributed by atoms with van der Waals surface area (Å²) in [6.45, 7) is 1.89. The van der Waals surface area contributed by atoms with Crippen LogP contribution in [0.15, 0.2) is 11.2 Å². The van der Waals surface area contributed by atoms with Crippen LogP contribution in [0.1, 0.15) is 25.3 Å². The van der Waals surface area contributed by atoms with Crippen LogP contribution >= 0.6 is 23.4 Å². The Morgan fingerprint density at radius 2 is 2.03 bits per heavy atom. The first-order valence-corrected chi connectivity index (χ1v) is 10.6. The van der Waals surface area contributed by atoms with Gasteiger partial charge in [-0.2, -0.15) is 0 Å². The number of carbonyl (C=O) groups is 4. The number of carboxylic acids is 2. The van der Waals surface area contributed by atoms with E-state index in [1.54, 1.807) is 0 Å². The van der Waals surface area contributed by atoms with Crippen molar-refractivity contribution in [2.45, 2.75) is 43.5 Å². The average Bonchev–Trinajstić information content (AvgIpc) is 2.72. The molecule has 0 saturated heterocycles. The molecule has 0 saturated carbocycles. The molecule has 2 atom stereocenters. The van der Waals surface area contributed by atoms with Gasteiger partial charge in [-0.3, -0.25) is 14.4 Å². The molecule has 0 aromatic carbocycles. The molecule has 2 unspecified atom stereocenters. The number of amides is 2. The molecule has 0 radical (unpaired) electrons. The molecule has 2 amide bonds. The molecule has 0 spiro atoms. The van der Waals surface area contributed by atoms with Crippen LogP contribution < -0.4 is 16.4 Å². The van der Waals surface area contributed by atoms with Gasteiger partial charge in [-0.05, 0) is 18.5 Å². The molecule has 31 heavy (non-hydrogen) atoms. The molecule has 172 valence electrons. The SMILES string of the molecule is CCOCc1cnc(Cl)nc1SCC(NC(=O)CCC([NH3+])C(=O)O)C(=O)NCC(=O)O. The number of aliphatic carboxylic acids is 2. The number of hydrogen-bond donors (Lipinski definition) is 5. The number of aromatic nitrogens is 2. The Morgan fingerprint density at radius 3 is 2.65 bits per heavy atom. The number of rotatable bonds is 14. The topological polar surface area (TPSA) is 195 Å². The van der Waals surface area contributed by atoms with Crippen LogP contribution in [0.4, 0.5) is 0 Å². The van der Waals surface area contributed by atoms with E-state index in [4.69, 9.17) is 26.6 Å². The van der Waals surface area contributed by atoms with Crippen LogP contribution in [0.2, 0.25) is 5.28 Å². The van der Waals surface area contributed by atoms with Crippen molar-refractivity contribution in [2.24, 2.45) is 0 Å². The number of carboxylic acid groups (broad SMARTS) is 2. The highest BCUT2D eigenvalue weighted by molar-refractivity contribution is 7.99. The van der Waals surface area contributed by atoms with Crippen molar-refractivity contribution < 1.29 is 39.9 Å². The standard InChI is InChI=1S/C17H24ClN5O7S/c1-2-30-7-9-5-21-17(18)23-15(9)31-8-11(14(27)20-6-13(25)26)22-12(24)4-3-10(19)16(28)29/h5,10-11H,2-4,6-8,19H2,1H3,(H,20,27)(H,22,24)(H,25,26)(H,28,29)/p+1. The van der Waals surface area contributed by atoms with E-state index >= 15 is 0 Å².